The molecule has 1 rings (SSSR count). The summed E-state index contributed by atoms with van der Waals surface area (Å²) in [5, 5.41) is 8.61. The summed E-state index contributed by atoms with van der Waals surface area (Å²) >= 11 is 0. The van der Waals surface area contributed by atoms with Crippen molar-refractivity contribution in [3.8, 4) is 11.6 Å². The lowest BCUT2D eigenvalue weighted by Crippen LogP contribution is -2.04. The van der Waals surface area contributed by atoms with Gasteiger partial charge in [-0.15, -0.1) is 0 Å². The molecule has 0 radical (unpaired) electrons. The fraction of sp³-hybridized carbons (Fsp3) is 0.545. The molecule has 1 N–H and O–H groups in total. The summed E-state index contributed by atoms with van der Waals surface area (Å²) in [7, 11) is 1.62. The van der Waals surface area contributed by atoms with Gasteiger partial charge in [-0.05, 0) is 5.92 Å². The topological polar surface area (TPSA) is 51.6 Å². The number of hydrogen-bond acceptors (Lipinski definition) is 4. The molecule has 0 aliphatic rings. The maximum atomic E-state index is 8.61. The minimum atomic E-state index is -0.0179. The molecule has 84 valence electrons. The molecule has 0 unspecified atom stereocenters. The van der Waals surface area contributed by atoms with Gasteiger partial charge in [-0.2, -0.15) is 0 Å². The number of rotatable bonds is 5. The fourth-order valence-electron chi connectivity index (χ4n) is 1.27. The van der Waals surface area contributed by atoms with E-state index in [2.05, 4.69) is 18.8 Å². The first kappa shape index (κ1) is 11.8. The predicted molar refractivity (Wildman–Crippen MR) is 57.5 cm³/mol. The number of aliphatic hydroxyl groups excluding tert-OH is 1. The van der Waals surface area contributed by atoms with Gasteiger partial charge in [0.1, 0.15) is 12.4 Å². The van der Waals surface area contributed by atoms with E-state index in [9.17, 15) is 0 Å². The lowest BCUT2D eigenvalue weighted by Gasteiger charge is -2.12. The highest BCUT2D eigenvalue weighted by atomic mass is 16.5. The van der Waals surface area contributed by atoms with Crippen LogP contribution >= 0.6 is 0 Å². The van der Waals surface area contributed by atoms with Crippen LogP contribution in [0.3, 0.4) is 0 Å². The van der Waals surface area contributed by atoms with Crippen LogP contribution in [-0.4, -0.2) is 30.4 Å². The second kappa shape index (κ2) is 5.56. The number of pyridine rings is 1. The second-order valence-electron chi connectivity index (χ2n) is 3.49. The lowest BCUT2D eigenvalue weighted by atomic mass is 10.1. The smallest absolute Gasteiger partial charge is 0.217 e. The average molecular weight is 211 g/mol. The SMILES string of the molecule is COc1cc(OCCO)ncc1C(C)C. The number of nitrogens with zero attached hydrogens (tertiary/aromatic N) is 1. The van der Waals surface area contributed by atoms with Crippen molar-refractivity contribution in [1.29, 1.82) is 0 Å². The van der Waals surface area contributed by atoms with Crippen molar-refractivity contribution in [3.63, 3.8) is 0 Å². The third-order valence-electron chi connectivity index (χ3n) is 2.05. The standard InChI is InChI=1S/C11H17NO3/c1-8(2)9-7-12-11(15-5-4-13)6-10(9)14-3/h6-8,13H,4-5H2,1-3H3. The van der Waals surface area contributed by atoms with Crippen LogP contribution in [0.5, 0.6) is 11.6 Å². The Labute approximate surface area is 89.9 Å². The van der Waals surface area contributed by atoms with Crippen LogP contribution in [-0.2, 0) is 0 Å². The molecule has 1 heterocycles. The third kappa shape index (κ3) is 3.09. The first-order chi connectivity index (χ1) is 7.19. The highest BCUT2D eigenvalue weighted by Crippen LogP contribution is 2.28. The molecule has 4 nitrogen and oxygen atoms in total. The number of methoxy groups -OCH3 is 1. The predicted octanol–water partition coefficient (Wildman–Crippen LogP) is 1.58. The molecule has 0 saturated heterocycles. The summed E-state index contributed by atoms with van der Waals surface area (Å²) in [4.78, 5) is 4.13. The van der Waals surface area contributed by atoms with Gasteiger partial charge in [0.2, 0.25) is 5.88 Å². The maximum absolute atomic E-state index is 8.61. The van der Waals surface area contributed by atoms with E-state index in [-0.39, 0.29) is 13.2 Å². The Balaban J connectivity index is 2.87. The molecule has 0 saturated carbocycles. The third-order valence-corrected chi connectivity index (χ3v) is 2.05. The molecule has 15 heavy (non-hydrogen) atoms. The van der Waals surface area contributed by atoms with Crippen LogP contribution in [0.2, 0.25) is 0 Å². The van der Waals surface area contributed by atoms with E-state index < -0.39 is 0 Å². The Morgan fingerprint density at radius 3 is 2.73 bits per heavy atom. The van der Waals surface area contributed by atoms with Crippen LogP contribution in [0.15, 0.2) is 12.3 Å². The number of ether oxygens (including phenoxy) is 2. The van der Waals surface area contributed by atoms with Crippen LogP contribution in [0.4, 0.5) is 0 Å². The van der Waals surface area contributed by atoms with Crippen LogP contribution in [0.25, 0.3) is 0 Å². The highest BCUT2D eigenvalue weighted by Gasteiger charge is 2.09. The zero-order valence-corrected chi connectivity index (χ0v) is 9.36. The van der Waals surface area contributed by atoms with Crippen LogP contribution in [0.1, 0.15) is 25.3 Å². The molecule has 0 aliphatic heterocycles. The summed E-state index contributed by atoms with van der Waals surface area (Å²) in [6, 6.07) is 1.74. The largest absolute Gasteiger partial charge is 0.496 e. The maximum Gasteiger partial charge on any atom is 0.217 e. The van der Waals surface area contributed by atoms with E-state index >= 15 is 0 Å². The molecule has 0 spiro atoms. The van der Waals surface area contributed by atoms with Gasteiger partial charge in [-0.1, -0.05) is 13.8 Å². The number of aromatic nitrogens is 1. The molecule has 4 heteroatoms. The van der Waals surface area contributed by atoms with Gasteiger partial charge in [-0.3, -0.25) is 0 Å². The number of hydrogen-bond donors (Lipinski definition) is 1. The van der Waals surface area contributed by atoms with Crippen molar-refractivity contribution in [2.24, 2.45) is 0 Å². The van der Waals surface area contributed by atoms with E-state index in [1.807, 2.05) is 0 Å². The fourth-order valence-corrected chi connectivity index (χ4v) is 1.27. The minimum absolute atomic E-state index is 0.0179. The van der Waals surface area contributed by atoms with E-state index in [4.69, 9.17) is 14.6 Å². The lowest BCUT2D eigenvalue weighted by molar-refractivity contribution is 0.196. The van der Waals surface area contributed by atoms with Crippen LogP contribution in [0, 0.1) is 0 Å². The van der Waals surface area contributed by atoms with Gasteiger partial charge < -0.3 is 14.6 Å². The molecule has 0 atom stereocenters. The van der Waals surface area contributed by atoms with Crippen molar-refractivity contribution in [2.45, 2.75) is 19.8 Å². The van der Waals surface area contributed by atoms with E-state index in [0.717, 1.165) is 11.3 Å². The monoisotopic (exact) mass is 211 g/mol. The first-order valence-electron chi connectivity index (χ1n) is 4.96. The Morgan fingerprint density at radius 2 is 2.20 bits per heavy atom. The van der Waals surface area contributed by atoms with E-state index in [1.54, 1.807) is 19.4 Å². The van der Waals surface area contributed by atoms with Gasteiger partial charge >= 0.3 is 0 Å². The zero-order valence-electron chi connectivity index (χ0n) is 9.36. The summed E-state index contributed by atoms with van der Waals surface area (Å²) in [6.45, 7) is 4.38. The van der Waals surface area contributed by atoms with Gasteiger partial charge in [0.25, 0.3) is 0 Å². The number of aliphatic hydroxyl groups is 1. The second-order valence-corrected chi connectivity index (χ2v) is 3.49. The molecule has 0 bridgehead atoms. The molecular weight excluding hydrogens is 194 g/mol. The Bertz CT molecular complexity index is 313. The molecule has 0 aliphatic carbocycles. The van der Waals surface area contributed by atoms with Crippen molar-refractivity contribution in [3.05, 3.63) is 17.8 Å². The zero-order chi connectivity index (χ0) is 11.3. The normalized spacial score (nSPS) is 10.5. The summed E-state index contributed by atoms with van der Waals surface area (Å²) in [5.74, 6) is 1.61. The molecular formula is C11H17NO3. The highest BCUT2D eigenvalue weighted by molar-refractivity contribution is 5.37. The first-order valence-corrected chi connectivity index (χ1v) is 4.96. The average Bonchev–Trinajstić information content (AvgIpc) is 2.25. The Kier molecular flexibility index (Phi) is 4.37. The Morgan fingerprint density at radius 1 is 1.47 bits per heavy atom. The van der Waals surface area contributed by atoms with Crippen molar-refractivity contribution in [2.75, 3.05) is 20.3 Å². The summed E-state index contributed by atoms with van der Waals surface area (Å²) in [5.41, 5.74) is 1.05. The molecule has 1 aromatic rings. The molecule has 1 aromatic heterocycles. The van der Waals surface area contributed by atoms with E-state index in [1.165, 1.54) is 0 Å². The van der Waals surface area contributed by atoms with Crippen molar-refractivity contribution in [1.82, 2.24) is 4.98 Å². The summed E-state index contributed by atoms with van der Waals surface area (Å²) in [6.07, 6.45) is 1.75. The van der Waals surface area contributed by atoms with Gasteiger partial charge in [0.15, 0.2) is 0 Å². The molecule has 0 aromatic carbocycles. The van der Waals surface area contributed by atoms with Gasteiger partial charge in [0.05, 0.1) is 13.7 Å². The van der Waals surface area contributed by atoms with Gasteiger partial charge in [-0.25, -0.2) is 4.98 Å². The minimum Gasteiger partial charge on any atom is -0.496 e. The Hall–Kier alpha value is -1.29. The van der Waals surface area contributed by atoms with Gasteiger partial charge in [0, 0.05) is 17.8 Å². The quantitative estimate of drug-likeness (QED) is 0.803. The molecule has 0 fully saturated rings. The molecule has 0 amide bonds. The van der Waals surface area contributed by atoms with Crippen molar-refractivity contribution < 1.29 is 14.6 Å². The van der Waals surface area contributed by atoms with E-state index in [0.29, 0.717) is 11.8 Å². The summed E-state index contributed by atoms with van der Waals surface area (Å²) < 4.78 is 10.4. The van der Waals surface area contributed by atoms with Crippen molar-refractivity contribution >= 4 is 0 Å². The van der Waals surface area contributed by atoms with Crippen LogP contribution < -0.4 is 9.47 Å².